The van der Waals surface area contributed by atoms with Crippen LogP contribution in [0.5, 0.6) is 0 Å². The van der Waals surface area contributed by atoms with Gasteiger partial charge in [-0.3, -0.25) is 4.79 Å². The Bertz CT molecular complexity index is 504. The second-order valence-electron chi connectivity index (χ2n) is 8.07. The van der Waals surface area contributed by atoms with Gasteiger partial charge in [0, 0.05) is 24.9 Å². The van der Waals surface area contributed by atoms with Crippen LogP contribution < -0.4 is 5.32 Å². The summed E-state index contributed by atoms with van der Waals surface area (Å²) in [6.45, 7) is 2.81. The average Bonchev–Trinajstić information content (AvgIpc) is 3.09. The van der Waals surface area contributed by atoms with Gasteiger partial charge in [-0.05, 0) is 44.9 Å². The Labute approximate surface area is 179 Å². The SMILES string of the molecule is B[C@H]1C[C@H](CNC(=O)CCCCCCC/C=C\C/C=C\C/C=C\CC)[C@@H](CO)O1. The molecule has 3 atom stereocenters. The lowest BCUT2D eigenvalue weighted by atomic mass is 9.91. The highest BCUT2D eigenvalue weighted by Gasteiger charge is 2.32. The molecule has 0 saturated carbocycles. The van der Waals surface area contributed by atoms with Crippen LogP contribution >= 0.6 is 0 Å². The molecular formula is C24H42BNO3. The van der Waals surface area contributed by atoms with E-state index < -0.39 is 0 Å². The van der Waals surface area contributed by atoms with Crippen molar-refractivity contribution in [3.05, 3.63) is 36.5 Å². The fourth-order valence-electron chi connectivity index (χ4n) is 3.69. The van der Waals surface area contributed by atoms with Crippen molar-refractivity contribution in [1.29, 1.82) is 0 Å². The highest BCUT2D eigenvalue weighted by Crippen LogP contribution is 2.24. The number of allylic oxidation sites excluding steroid dienone is 6. The largest absolute Gasteiger partial charge is 0.394 e. The van der Waals surface area contributed by atoms with Gasteiger partial charge < -0.3 is 15.2 Å². The highest BCUT2D eigenvalue weighted by molar-refractivity contribution is 6.11. The zero-order valence-electron chi connectivity index (χ0n) is 18.7. The number of unbranched alkanes of at least 4 members (excludes halogenated alkanes) is 5. The zero-order chi connectivity index (χ0) is 21.2. The quantitative estimate of drug-likeness (QED) is 0.232. The van der Waals surface area contributed by atoms with E-state index in [0.717, 1.165) is 44.9 Å². The van der Waals surface area contributed by atoms with Crippen molar-refractivity contribution in [1.82, 2.24) is 5.32 Å². The van der Waals surface area contributed by atoms with Crippen LogP contribution in [0.25, 0.3) is 0 Å². The summed E-state index contributed by atoms with van der Waals surface area (Å²) in [5.41, 5.74) is 0. The fraction of sp³-hybridized carbons (Fsp3) is 0.708. The summed E-state index contributed by atoms with van der Waals surface area (Å²) < 4.78 is 5.63. The first kappa shape index (κ1) is 25.7. The molecular weight excluding hydrogens is 361 g/mol. The number of hydrogen-bond acceptors (Lipinski definition) is 3. The minimum absolute atomic E-state index is 0.0351. The number of ether oxygens (including phenoxy) is 1. The van der Waals surface area contributed by atoms with E-state index in [0.29, 0.717) is 13.0 Å². The molecule has 1 heterocycles. The lowest BCUT2D eigenvalue weighted by Crippen LogP contribution is -2.34. The number of rotatable bonds is 16. The van der Waals surface area contributed by atoms with Crippen molar-refractivity contribution >= 4 is 13.8 Å². The Morgan fingerprint density at radius 1 is 1.03 bits per heavy atom. The predicted octanol–water partition coefficient (Wildman–Crippen LogP) is 4.05. The van der Waals surface area contributed by atoms with Gasteiger partial charge in [-0.25, -0.2) is 0 Å². The molecule has 0 aromatic carbocycles. The smallest absolute Gasteiger partial charge is 0.220 e. The van der Waals surface area contributed by atoms with Crippen molar-refractivity contribution in [2.45, 2.75) is 89.7 Å². The molecule has 29 heavy (non-hydrogen) atoms. The average molecular weight is 403 g/mol. The van der Waals surface area contributed by atoms with E-state index in [4.69, 9.17) is 4.74 Å². The van der Waals surface area contributed by atoms with Gasteiger partial charge in [0.05, 0.1) is 12.7 Å². The molecule has 1 aliphatic heterocycles. The molecule has 0 radical (unpaired) electrons. The number of hydrogen-bond donors (Lipinski definition) is 2. The Kier molecular flexibility index (Phi) is 15.5. The minimum atomic E-state index is -0.127. The number of carbonyl (C=O) groups is 1. The minimum Gasteiger partial charge on any atom is -0.394 e. The maximum absolute atomic E-state index is 12.0. The Morgan fingerprint density at radius 2 is 1.69 bits per heavy atom. The standard InChI is InChI=1S/C24H42BNO3/c1-2-3-4-5-6-7-8-9-10-11-12-13-14-15-16-17-24(28)26-19-21-18-23(25)29-22(21)20-27/h3-4,6-7,9-10,21-23,27H,2,5,8,11-20,25H2,1H3,(H,26,28)/b4-3-,7-6-,10-9-/t21-,22-,23-/m1/s1. The summed E-state index contributed by atoms with van der Waals surface area (Å²) in [5.74, 6) is 0.364. The third-order valence-corrected chi connectivity index (χ3v) is 5.36. The third kappa shape index (κ3) is 13.5. The van der Waals surface area contributed by atoms with Crippen LogP contribution in [0.15, 0.2) is 36.5 Å². The van der Waals surface area contributed by atoms with Crippen LogP contribution in [0.1, 0.15) is 77.6 Å². The predicted molar refractivity (Wildman–Crippen MR) is 125 cm³/mol. The van der Waals surface area contributed by atoms with E-state index in [1.807, 2.05) is 7.85 Å². The summed E-state index contributed by atoms with van der Waals surface area (Å²) >= 11 is 0. The third-order valence-electron chi connectivity index (χ3n) is 5.36. The molecule has 164 valence electrons. The molecule has 1 saturated heterocycles. The Morgan fingerprint density at radius 3 is 2.41 bits per heavy atom. The summed E-state index contributed by atoms with van der Waals surface area (Å²) in [5, 5.41) is 12.3. The van der Waals surface area contributed by atoms with E-state index in [1.54, 1.807) is 0 Å². The lowest BCUT2D eigenvalue weighted by molar-refractivity contribution is -0.121. The first-order chi connectivity index (χ1) is 14.2. The number of aliphatic hydroxyl groups is 1. The monoisotopic (exact) mass is 403 g/mol. The molecule has 0 aromatic heterocycles. The summed E-state index contributed by atoms with van der Waals surface area (Å²) in [6, 6.07) is 0.174. The summed E-state index contributed by atoms with van der Waals surface area (Å²) in [7, 11) is 2.02. The second-order valence-corrected chi connectivity index (χ2v) is 8.07. The van der Waals surface area contributed by atoms with Crippen molar-refractivity contribution in [2.75, 3.05) is 13.2 Å². The Hall–Kier alpha value is -1.33. The van der Waals surface area contributed by atoms with Crippen LogP contribution in [-0.4, -0.2) is 44.1 Å². The van der Waals surface area contributed by atoms with Gasteiger partial charge in [-0.1, -0.05) is 62.6 Å². The van der Waals surface area contributed by atoms with Gasteiger partial charge in [0.2, 0.25) is 5.91 Å². The summed E-state index contributed by atoms with van der Waals surface area (Å²) in [6.07, 6.45) is 24.9. The normalized spacial score (nSPS) is 22.3. The number of amides is 1. The molecule has 0 unspecified atom stereocenters. The van der Waals surface area contributed by atoms with E-state index >= 15 is 0 Å². The first-order valence-corrected chi connectivity index (χ1v) is 11.6. The van der Waals surface area contributed by atoms with Crippen LogP contribution in [0.4, 0.5) is 0 Å². The molecule has 4 nitrogen and oxygen atoms in total. The Balaban J connectivity index is 1.90. The van der Waals surface area contributed by atoms with Gasteiger partial charge >= 0.3 is 0 Å². The van der Waals surface area contributed by atoms with Crippen molar-refractivity contribution in [3.8, 4) is 0 Å². The van der Waals surface area contributed by atoms with E-state index in [2.05, 4.69) is 48.7 Å². The maximum atomic E-state index is 12.0. The molecule has 0 spiro atoms. The molecule has 1 fully saturated rings. The number of aliphatic hydroxyl groups excluding tert-OH is 1. The van der Waals surface area contributed by atoms with Crippen LogP contribution in [-0.2, 0) is 9.53 Å². The van der Waals surface area contributed by atoms with Crippen LogP contribution in [0.3, 0.4) is 0 Å². The molecule has 2 N–H and O–H groups in total. The van der Waals surface area contributed by atoms with Gasteiger partial charge in [-0.2, -0.15) is 0 Å². The van der Waals surface area contributed by atoms with E-state index in [9.17, 15) is 9.90 Å². The van der Waals surface area contributed by atoms with E-state index in [-0.39, 0.29) is 30.5 Å². The van der Waals surface area contributed by atoms with Gasteiger partial charge in [0.15, 0.2) is 0 Å². The topological polar surface area (TPSA) is 58.6 Å². The van der Waals surface area contributed by atoms with Crippen LogP contribution in [0.2, 0.25) is 0 Å². The van der Waals surface area contributed by atoms with E-state index in [1.165, 1.54) is 19.3 Å². The van der Waals surface area contributed by atoms with Gasteiger partial charge in [0.25, 0.3) is 0 Å². The molecule has 0 bridgehead atoms. The number of nitrogens with one attached hydrogen (secondary N) is 1. The number of carbonyl (C=O) groups excluding carboxylic acids is 1. The second kappa shape index (κ2) is 17.5. The molecule has 5 heteroatoms. The molecule has 0 aliphatic carbocycles. The highest BCUT2D eigenvalue weighted by atomic mass is 16.5. The van der Waals surface area contributed by atoms with Crippen molar-refractivity contribution < 1.29 is 14.6 Å². The first-order valence-electron chi connectivity index (χ1n) is 11.6. The molecule has 1 rings (SSSR count). The zero-order valence-corrected chi connectivity index (χ0v) is 18.7. The van der Waals surface area contributed by atoms with Gasteiger partial charge in [-0.15, -0.1) is 0 Å². The molecule has 0 aromatic rings. The summed E-state index contributed by atoms with van der Waals surface area (Å²) in [4.78, 5) is 12.0. The fourth-order valence-corrected chi connectivity index (χ4v) is 3.69. The van der Waals surface area contributed by atoms with Crippen molar-refractivity contribution in [2.24, 2.45) is 5.92 Å². The lowest BCUT2D eigenvalue weighted by Gasteiger charge is -2.16. The van der Waals surface area contributed by atoms with Crippen LogP contribution in [0, 0.1) is 5.92 Å². The molecule has 1 amide bonds. The molecule has 1 aliphatic rings. The van der Waals surface area contributed by atoms with Gasteiger partial charge in [0.1, 0.15) is 7.85 Å². The van der Waals surface area contributed by atoms with Crippen molar-refractivity contribution in [3.63, 3.8) is 0 Å². The maximum Gasteiger partial charge on any atom is 0.220 e.